The van der Waals surface area contributed by atoms with Crippen molar-refractivity contribution in [3.05, 3.63) is 27.0 Å². The highest BCUT2D eigenvalue weighted by molar-refractivity contribution is 14.1. The number of H-pyrrole nitrogens is 1. The molecule has 3 rings (SSSR count). The summed E-state index contributed by atoms with van der Waals surface area (Å²) in [6.45, 7) is 0. The van der Waals surface area contributed by atoms with Gasteiger partial charge in [-0.3, -0.25) is 5.10 Å². The number of hydrogen-bond acceptors (Lipinski definition) is 3. The maximum Gasteiger partial charge on any atom is 0.161 e. The Bertz CT molecular complexity index is 592. The highest BCUT2D eigenvalue weighted by atomic mass is 127. The summed E-state index contributed by atoms with van der Waals surface area (Å²) in [6.07, 6.45) is 0.903. The molecule has 1 aromatic carbocycles. The molecule has 0 amide bonds. The lowest BCUT2D eigenvalue weighted by Gasteiger charge is -2.10. The average molecular weight is 342 g/mol. The van der Waals surface area contributed by atoms with E-state index < -0.39 is 0 Å². The molecule has 4 nitrogen and oxygen atoms in total. The topological polar surface area (TPSA) is 47.1 Å². The predicted octanol–water partition coefficient (Wildman–Crippen LogP) is 2.60. The van der Waals surface area contributed by atoms with Crippen LogP contribution in [0.25, 0.3) is 11.3 Å². The third-order valence-corrected chi connectivity index (χ3v) is 3.95. The molecule has 2 aromatic rings. The van der Waals surface area contributed by atoms with Crippen molar-refractivity contribution in [2.75, 3.05) is 14.2 Å². The van der Waals surface area contributed by atoms with Crippen molar-refractivity contribution in [1.29, 1.82) is 0 Å². The molecule has 88 valence electrons. The molecule has 1 N–H and O–H groups in total. The van der Waals surface area contributed by atoms with Gasteiger partial charge in [-0.05, 0) is 40.3 Å². The van der Waals surface area contributed by atoms with Gasteiger partial charge >= 0.3 is 0 Å². The molecule has 0 fully saturated rings. The van der Waals surface area contributed by atoms with Gasteiger partial charge in [-0.2, -0.15) is 5.10 Å². The molecule has 0 bridgehead atoms. The van der Waals surface area contributed by atoms with E-state index in [9.17, 15) is 0 Å². The molecule has 1 aromatic heterocycles. The maximum absolute atomic E-state index is 5.32. The lowest BCUT2D eigenvalue weighted by Crippen LogP contribution is -1.93. The van der Waals surface area contributed by atoms with Gasteiger partial charge in [-0.25, -0.2) is 0 Å². The first kappa shape index (κ1) is 10.9. The van der Waals surface area contributed by atoms with Gasteiger partial charge in [0, 0.05) is 17.5 Å². The maximum atomic E-state index is 5.32. The summed E-state index contributed by atoms with van der Waals surface area (Å²) in [6, 6.07) is 4.05. The van der Waals surface area contributed by atoms with E-state index in [1.54, 1.807) is 14.2 Å². The molecule has 5 heteroatoms. The molecule has 0 unspecified atom stereocenters. The number of methoxy groups -OCH3 is 2. The van der Waals surface area contributed by atoms with Crippen molar-refractivity contribution < 1.29 is 9.47 Å². The van der Waals surface area contributed by atoms with E-state index in [2.05, 4.69) is 32.8 Å². The van der Waals surface area contributed by atoms with Crippen LogP contribution in [0.5, 0.6) is 11.5 Å². The molecule has 17 heavy (non-hydrogen) atoms. The summed E-state index contributed by atoms with van der Waals surface area (Å²) in [5.41, 5.74) is 4.78. The number of rotatable bonds is 2. The Morgan fingerprint density at radius 3 is 2.65 bits per heavy atom. The first-order valence-electron chi connectivity index (χ1n) is 5.22. The van der Waals surface area contributed by atoms with Crippen LogP contribution in [0.15, 0.2) is 12.1 Å². The molecule has 1 aliphatic carbocycles. The van der Waals surface area contributed by atoms with Crippen molar-refractivity contribution >= 4 is 22.6 Å². The number of nitrogens with zero attached hydrogens (tertiary/aromatic N) is 1. The summed E-state index contributed by atoms with van der Waals surface area (Å²) in [4.78, 5) is 0. The lowest BCUT2D eigenvalue weighted by molar-refractivity contribution is 0.355. The smallest absolute Gasteiger partial charge is 0.161 e. The molecular formula is C12H11IN2O2. The SMILES string of the molecule is COc1cc2c(cc1OC)-c1[nH]nc(I)c1C2. The molecule has 0 aliphatic heterocycles. The minimum absolute atomic E-state index is 0.753. The van der Waals surface area contributed by atoms with Crippen LogP contribution in [0, 0.1) is 3.70 Å². The average Bonchev–Trinajstić information content (AvgIpc) is 2.87. The minimum Gasteiger partial charge on any atom is -0.493 e. The first-order valence-corrected chi connectivity index (χ1v) is 6.30. The van der Waals surface area contributed by atoms with E-state index >= 15 is 0 Å². The normalized spacial score (nSPS) is 12.2. The van der Waals surface area contributed by atoms with Gasteiger partial charge < -0.3 is 9.47 Å². The number of fused-ring (bicyclic) bond motifs is 3. The summed E-state index contributed by atoms with van der Waals surface area (Å²) >= 11 is 2.25. The standard InChI is InChI=1S/C12H11IN2O2/c1-16-9-4-6-3-8-11(14-15-12(8)13)7(6)5-10(9)17-2/h4-5H,3H2,1-2H3,(H,14,15). The zero-order valence-corrected chi connectivity index (χ0v) is 11.7. The number of hydrogen-bond donors (Lipinski definition) is 1. The van der Waals surface area contributed by atoms with E-state index in [4.69, 9.17) is 9.47 Å². The second-order valence-electron chi connectivity index (χ2n) is 3.91. The highest BCUT2D eigenvalue weighted by Gasteiger charge is 2.25. The highest BCUT2D eigenvalue weighted by Crippen LogP contribution is 2.42. The molecule has 0 atom stereocenters. The van der Waals surface area contributed by atoms with Crippen LogP contribution >= 0.6 is 22.6 Å². The van der Waals surface area contributed by atoms with Crippen molar-refractivity contribution in [1.82, 2.24) is 10.2 Å². The minimum atomic E-state index is 0.753. The largest absolute Gasteiger partial charge is 0.493 e. The van der Waals surface area contributed by atoms with Crippen LogP contribution in [0.2, 0.25) is 0 Å². The molecule has 0 saturated carbocycles. The zero-order chi connectivity index (χ0) is 12.0. The van der Waals surface area contributed by atoms with Gasteiger partial charge in [0.2, 0.25) is 0 Å². The number of nitrogens with one attached hydrogen (secondary N) is 1. The Morgan fingerprint density at radius 1 is 1.24 bits per heavy atom. The Morgan fingerprint density at radius 2 is 1.94 bits per heavy atom. The van der Waals surface area contributed by atoms with Gasteiger partial charge in [0.1, 0.15) is 3.70 Å². The van der Waals surface area contributed by atoms with E-state index in [1.165, 1.54) is 11.1 Å². The van der Waals surface area contributed by atoms with Crippen molar-refractivity contribution in [3.8, 4) is 22.8 Å². The molecule has 1 heterocycles. The summed E-state index contributed by atoms with van der Waals surface area (Å²) in [7, 11) is 3.31. The predicted molar refractivity (Wildman–Crippen MR) is 72.7 cm³/mol. The fourth-order valence-corrected chi connectivity index (χ4v) is 2.80. The number of ether oxygens (including phenoxy) is 2. The van der Waals surface area contributed by atoms with Gasteiger partial charge in [0.25, 0.3) is 0 Å². The van der Waals surface area contributed by atoms with Crippen LogP contribution in [-0.4, -0.2) is 24.4 Å². The Hall–Kier alpha value is -1.24. The summed E-state index contributed by atoms with van der Waals surface area (Å²) in [5, 5.41) is 7.30. The molecular weight excluding hydrogens is 331 g/mol. The molecule has 0 radical (unpaired) electrons. The number of aromatic nitrogens is 2. The second kappa shape index (κ2) is 3.90. The van der Waals surface area contributed by atoms with Gasteiger partial charge in [-0.1, -0.05) is 0 Å². The zero-order valence-electron chi connectivity index (χ0n) is 9.50. The third kappa shape index (κ3) is 1.52. The van der Waals surface area contributed by atoms with Crippen molar-refractivity contribution in [2.45, 2.75) is 6.42 Å². The fourth-order valence-electron chi connectivity index (χ4n) is 2.22. The van der Waals surface area contributed by atoms with E-state index in [1.807, 2.05) is 12.1 Å². The van der Waals surface area contributed by atoms with Crippen molar-refractivity contribution in [2.24, 2.45) is 0 Å². The van der Waals surface area contributed by atoms with Gasteiger partial charge in [0.15, 0.2) is 11.5 Å². The van der Waals surface area contributed by atoms with Crippen LogP contribution in [-0.2, 0) is 6.42 Å². The van der Waals surface area contributed by atoms with Crippen LogP contribution < -0.4 is 9.47 Å². The Balaban J connectivity index is 2.20. The van der Waals surface area contributed by atoms with Crippen LogP contribution in [0.1, 0.15) is 11.1 Å². The van der Waals surface area contributed by atoms with Crippen LogP contribution in [0.4, 0.5) is 0 Å². The monoisotopic (exact) mass is 342 g/mol. The van der Waals surface area contributed by atoms with Crippen molar-refractivity contribution in [3.63, 3.8) is 0 Å². The molecule has 0 spiro atoms. The molecule has 1 aliphatic rings. The summed E-state index contributed by atoms with van der Waals surface area (Å²) < 4.78 is 11.7. The second-order valence-corrected chi connectivity index (χ2v) is 4.93. The Kier molecular flexibility index (Phi) is 2.50. The number of halogens is 1. The van der Waals surface area contributed by atoms with E-state index in [0.717, 1.165) is 32.9 Å². The van der Waals surface area contributed by atoms with E-state index in [-0.39, 0.29) is 0 Å². The van der Waals surface area contributed by atoms with Gasteiger partial charge in [0.05, 0.1) is 19.9 Å². The third-order valence-electron chi connectivity index (χ3n) is 3.06. The van der Waals surface area contributed by atoms with Crippen LogP contribution in [0.3, 0.4) is 0 Å². The Labute approximate surface area is 112 Å². The first-order chi connectivity index (χ1) is 8.24. The summed E-state index contributed by atoms with van der Waals surface area (Å²) in [5.74, 6) is 1.53. The van der Waals surface area contributed by atoms with Gasteiger partial charge in [-0.15, -0.1) is 0 Å². The fraction of sp³-hybridized carbons (Fsp3) is 0.250. The lowest BCUT2D eigenvalue weighted by atomic mass is 10.1. The molecule has 0 saturated heterocycles. The van der Waals surface area contributed by atoms with E-state index in [0.29, 0.717) is 0 Å². The quantitative estimate of drug-likeness (QED) is 0.729. The number of aromatic amines is 1. The number of benzene rings is 1.